The third-order valence-corrected chi connectivity index (χ3v) is 5.41. The lowest BCUT2D eigenvalue weighted by Crippen LogP contribution is -2.40. The van der Waals surface area contributed by atoms with Gasteiger partial charge in [-0.3, -0.25) is 9.59 Å². The van der Waals surface area contributed by atoms with Crippen LogP contribution in [-0.2, 0) is 4.79 Å². The monoisotopic (exact) mass is 355 g/mol. The molecule has 2 unspecified atom stereocenters. The number of likely N-dealkylation sites (N-methyl/N-ethyl adjacent to an activating group) is 1. The Hall–Kier alpha value is -1.24. The zero-order valence-electron chi connectivity index (χ0n) is 13.3. The van der Waals surface area contributed by atoms with Crippen LogP contribution in [0.2, 0.25) is 0 Å². The molecule has 126 valence electrons. The molecule has 2 amide bonds. The van der Waals surface area contributed by atoms with Gasteiger partial charge >= 0.3 is 0 Å². The fraction of sp³-hybridized carbons (Fsp3) is 0.500. The SMILES string of the molecule is CNCC1CCCN1C(=O)c1ccc2c(c1)NC(=O)C(C)S2.Cl. The van der Waals surface area contributed by atoms with Crippen molar-refractivity contribution in [2.75, 3.05) is 25.5 Å². The molecule has 1 saturated heterocycles. The molecule has 5 nitrogen and oxygen atoms in total. The number of likely N-dealkylation sites (tertiary alicyclic amines) is 1. The Bertz CT molecular complexity index is 611. The summed E-state index contributed by atoms with van der Waals surface area (Å²) >= 11 is 1.53. The molecule has 0 bridgehead atoms. The van der Waals surface area contributed by atoms with Crippen molar-refractivity contribution in [2.45, 2.75) is 36.0 Å². The number of nitrogens with one attached hydrogen (secondary N) is 2. The van der Waals surface area contributed by atoms with Crippen LogP contribution in [0, 0.1) is 0 Å². The second-order valence-electron chi connectivity index (χ2n) is 5.81. The third kappa shape index (κ3) is 3.65. The number of hydrogen-bond acceptors (Lipinski definition) is 4. The van der Waals surface area contributed by atoms with Gasteiger partial charge in [0.05, 0.1) is 10.9 Å². The Morgan fingerprint density at radius 1 is 1.48 bits per heavy atom. The van der Waals surface area contributed by atoms with Crippen LogP contribution in [0.3, 0.4) is 0 Å². The second kappa shape index (κ2) is 7.55. The Balaban J connectivity index is 0.00000192. The minimum atomic E-state index is -0.0901. The topological polar surface area (TPSA) is 61.4 Å². The number of fused-ring (bicyclic) bond motifs is 1. The molecular weight excluding hydrogens is 334 g/mol. The minimum absolute atomic E-state index is 0. The van der Waals surface area contributed by atoms with Gasteiger partial charge < -0.3 is 15.5 Å². The van der Waals surface area contributed by atoms with E-state index >= 15 is 0 Å². The summed E-state index contributed by atoms with van der Waals surface area (Å²) in [6.45, 7) is 3.51. The molecule has 2 heterocycles. The largest absolute Gasteiger partial charge is 0.334 e. The first-order valence-corrected chi connectivity index (χ1v) is 8.55. The summed E-state index contributed by atoms with van der Waals surface area (Å²) in [5.74, 6) is 0.0507. The summed E-state index contributed by atoms with van der Waals surface area (Å²) in [4.78, 5) is 27.5. The standard InChI is InChI=1S/C16H21N3O2S.ClH/c1-10-15(20)18-13-8-11(5-6-14(13)22-10)16(21)19-7-3-4-12(19)9-17-2;/h5-6,8,10,12,17H,3-4,7,9H2,1-2H3,(H,18,20);1H. The van der Waals surface area contributed by atoms with E-state index < -0.39 is 0 Å². The Kier molecular flexibility index (Phi) is 5.95. The molecule has 7 heteroatoms. The maximum Gasteiger partial charge on any atom is 0.254 e. The van der Waals surface area contributed by atoms with Gasteiger partial charge in [0.2, 0.25) is 5.91 Å². The van der Waals surface area contributed by atoms with E-state index in [9.17, 15) is 9.59 Å². The van der Waals surface area contributed by atoms with E-state index in [4.69, 9.17) is 0 Å². The van der Waals surface area contributed by atoms with Crippen molar-refractivity contribution < 1.29 is 9.59 Å². The highest BCUT2D eigenvalue weighted by molar-refractivity contribution is 8.00. The van der Waals surface area contributed by atoms with Gasteiger partial charge in [0, 0.05) is 29.6 Å². The first-order valence-electron chi connectivity index (χ1n) is 7.67. The molecule has 23 heavy (non-hydrogen) atoms. The van der Waals surface area contributed by atoms with E-state index in [1.807, 2.05) is 37.1 Å². The molecule has 2 aliphatic heterocycles. The van der Waals surface area contributed by atoms with E-state index in [0.29, 0.717) is 5.56 Å². The Labute approximate surface area is 147 Å². The highest BCUT2D eigenvalue weighted by Gasteiger charge is 2.30. The third-order valence-electron chi connectivity index (χ3n) is 4.24. The molecular formula is C16H22ClN3O2S. The highest BCUT2D eigenvalue weighted by Crippen LogP contribution is 2.36. The minimum Gasteiger partial charge on any atom is -0.334 e. The molecule has 1 aromatic carbocycles. The lowest BCUT2D eigenvalue weighted by molar-refractivity contribution is -0.115. The lowest BCUT2D eigenvalue weighted by atomic mass is 10.1. The van der Waals surface area contributed by atoms with Crippen LogP contribution in [0.4, 0.5) is 5.69 Å². The van der Waals surface area contributed by atoms with Crippen molar-refractivity contribution in [3.63, 3.8) is 0 Å². The maximum absolute atomic E-state index is 12.7. The average molecular weight is 356 g/mol. The van der Waals surface area contributed by atoms with E-state index in [1.165, 1.54) is 11.8 Å². The molecule has 0 saturated carbocycles. The molecule has 2 N–H and O–H groups in total. The quantitative estimate of drug-likeness (QED) is 0.873. The predicted octanol–water partition coefficient (Wildman–Crippen LogP) is 2.37. The van der Waals surface area contributed by atoms with Gasteiger partial charge in [-0.15, -0.1) is 24.2 Å². The van der Waals surface area contributed by atoms with E-state index in [2.05, 4.69) is 10.6 Å². The Morgan fingerprint density at radius 2 is 2.26 bits per heavy atom. The molecule has 3 rings (SSSR count). The molecule has 2 aliphatic rings. The van der Waals surface area contributed by atoms with Gasteiger partial charge in [-0.2, -0.15) is 0 Å². The first-order chi connectivity index (χ1) is 10.6. The van der Waals surface area contributed by atoms with Gasteiger partial charge in [0.1, 0.15) is 0 Å². The number of halogens is 1. The average Bonchev–Trinajstić information content (AvgIpc) is 2.96. The van der Waals surface area contributed by atoms with E-state index in [1.54, 1.807) is 0 Å². The van der Waals surface area contributed by atoms with Gasteiger partial charge in [-0.25, -0.2) is 0 Å². The zero-order valence-corrected chi connectivity index (χ0v) is 14.9. The molecule has 2 atom stereocenters. The fourth-order valence-electron chi connectivity index (χ4n) is 3.06. The number of anilines is 1. The summed E-state index contributed by atoms with van der Waals surface area (Å²) in [6.07, 6.45) is 2.09. The van der Waals surface area contributed by atoms with Crippen molar-refractivity contribution in [1.82, 2.24) is 10.2 Å². The number of carbonyl (C=O) groups is 2. The Morgan fingerprint density at radius 3 is 3.00 bits per heavy atom. The molecule has 0 aromatic heterocycles. The van der Waals surface area contributed by atoms with E-state index in [0.717, 1.165) is 36.5 Å². The summed E-state index contributed by atoms with van der Waals surface area (Å²) in [7, 11) is 1.91. The van der Waals surface area contributed by atoms with Crippen LogP contribution < -0.4 is 10.6 Å². The van der Waals surface area contributed by atoms with Crippen LogP contribution in [-0.4, -0.2) is 48.1 Å². The van der Waals surface area contributed by atoms with Crippen molar-refractivity contribution >= 4 is 41.7 Å². The first kappa shape index (κ1) is 18.1. The predicted molar refractivity (Wildman–Crippen MR) is 95.6 cm³/mol. The summed E-state index contributed by atoms with van der Waals surface area (Å²) < 4.78 is 0. The smallest absolute Gasteiger partial charge is 0.254 e. The van der Waals surface area contributed by atoms with Crippen molar-refractivity contribution in [3.8, 4) is 0 Å². The lowest BCUT2D eigenvalue weighted by Gasteiger charge is -2.26. The van der Waals surface area contributed by atoms with Gasteiger partial charge in [0.15, 0.2) is 0 Å². The number of thioether (sulfide) groups is 1. The van der Waals surface area contributed by atoms with Crippen LogP contribution in [0.1, 0.15) is 30.1 Å². The molecule has 0 aliphatic carbocycles. The van der Waals surface area contributed by atoms with Crippen molar-refractivity contribution in [2.24, 2.45) is 0 Å². The molecule has 1 aromatic rings. The molecule has 0 radical (unpaired) electrons. The van der Waals surface area contributed by atoms with Crippen LogP contribution >= 0.6 is 24.2 Å². The highest BCUT2D eigenvalue weighted by atomic mass is 35.5. The summed E-state index contributed by atoms with van der Waals surface area (Å²) in [5.41, 5.74) is 1.40. The normalized spacial score (nSPS) is 23.0. The van der Waals surface area contributed by atoms with Crippen molar-refractivity contribution in [1.29, 1.82) is 0 Å². The number of nitrogens with zero attached hydrogens (tertiary/aromatic N) is 1. The number of amides is 2. The zero-order chi connectivity index (χ0) is 15.7. The maximum atomic E-state index is 12.7. The summed E-state index contributed by atoms with van der Waals surface area (Å²) in [6, 6.07) is 5.88. The van der Waals surface area contributed by atoms with Gasteiger partial charge in [-0.1, -0.05) is 0 Å². The number of hydrogen-bond donors (Lipinski definition) is 2. The number of benzene rings is 1. The van der Waals surface area contributed by atoms with Crippen LogP contribution in [0.25, 0.3) is 0 Å². The fourth-order valence-corrected chi connectivity index (χ4v) is 3.99. The van der Waals surface area contributed by atoms with Gasteiger partial charge in [-0.05, 0) is 45.0 Å². The molecule has 1 fully saturated rings. The van der Waals surface area contributed by atoms with Crippen LogP contribution in [0.15, 0.2) is 23.1 Å². The van der Waals surface area contributed by atoms with Crippen LogP contribution in [0.5, 0.6) is 0 Å². The number of rotatable bonds is 3. The second-order valence-corrected chi connectivity index (χ2v) is 7.20. The summed E-state index contributed by atoms with van der Waals surface area (Å²) in [5, 5.41) is 5.95. The number of carbonyl (C=O) groups excluding carboxylic acids is 2. The molecule has 0 spiro atoms. The van der Waals surface area contributed by atoms with Gasteiger partial charge in [0.25, 0.3) is 5.91 Å². The van der Waals surface area contributed by atoms with Crippen molar-refractivity contribution in [3.05, 3.63) is 23.8 Å². The van der Waals surface area contributed by atoms with E-state index in [-0.39, 0.29) is 35.5 Å².